The predicted octanol–water partition coefficient (Wildman–Crippen LogP) is -4.91. The van der Waals surface area contributed by atoms with Gasteiger partial charge in [-0.1, -0.05) is 0 Å². The number of primary amides is 2. The van der Waals surface area contributed by atoms with Gasteiger partial charge in [0.15, 0.2) is 0 Å². The molecule has 0 spiro atoms. The fourth-order valence-corrected chi connectivity index (χ4v) is 0.884. The van der Waals surface area contributed by atoms with Gasteiger partial charge in [0, 0.05) is 0 Å². The van der Waals surface area contributed by atoms with Crippen molar-refractivity contribution >= 4 is 44.5 Å². The van der Waals surface area contributed by atoms with Crippen LogP contribution in [0.15, 0.2) is 0 Å². The summed E-state index contributed by atoms with van der Waals surface area (Å²) < 4.78 is 26.6. The van der Waals surface area contributed by atoms with Gasteiger partial charge in [-0.25, -0.2) is 0 Å². The summed E-state index contributed by atoms with van der Waals surface area (Å²) in [5.74, 6) is -3.06. The average Bonchev–Trinajstić information content (AvgIpc) is 1.82. The van der Waals surface area contributed by atoms with E-state index in [-0.39, 0.29) is 31.0 Å². The van der Waals surface area contributed by atoms with Crippen molar-refractivity contribution < 1.29 is 53.5 Å². The molecule has 0 rings (SSSR count). The number of rotatable bonds is 3. The molecular formula is C3H6IN2NaO5S. The second kappa shape index (κ2) is 4.89. The summed E-state index contributed by atoms with van der Waals surface area (Å²) >= 11 is 0.874. The van der Waals surface area contributed by atoms with Crippen molar-refractivity contribution in [2.45, 2.75) is 2.75 Å². The van der Waals surface area contributed by atoms with Crippen LogP contribution in [0.3, 0.4) is 0 Å². The van der Waals surface area contributed by atoms with Crippen LogP contribution in [0.5, 0.6) is 0 Å². The predicted molar refractivity (Wildman–Crippen MR) is 47.8 cm³/mol. The van der Waals surface area contributed by atoms with Crippen molar-refractivity contribution in [3.8, 4) is 0 Å². The standard InChI is InChI=1S/C3H5IN2O5S.Na.H/c4-3(1(5)7,2(6)8)12(9,10)11;;/h(H2,5,7)(H2,6,8)(H,9,10,11);;/q;+1;-1. The molecule has 0 atom stereocenters. The molecule has 0 aliphatic carbocycles. The largest absolute Gasteiger partial charge is 1.00 e. The first-order valence-corrected chi connectivity index (χ1v) is 4.91. The van der Waals surface area contributed by atoms with E-state index in [4.69, 9.17) is 4.55 Å². The second-order valence-corrected chi connectivity index (χ2v) is 5.71. The second-order valence-electron chi connectivity index (χ2n) is 1.80. The van der Waals surface area contributed by atoms with Gasteiger partial charge >= 0.3 is 32.3 Å². The van der Waals surface area contributed by atoms with E-state index in [1.54, 1.807) is 0 Å². The summed E-state index contributed by atoms with van der Waals surface area (Å²) in [5, 5.41) is 0. The van der Waals surface area contributed by atoms with Gasteiger partial charge in [-0.05, 0) is 22.6 Å². The zero-order valence-corrected chi connectivity index (χ0v) is 11.5. The van der Waals surface area contributed by atoms with Crippen LogP contribution in [-0.4, -0.2) is 27.5 Å². The molecule has 0 aromatic heterocycles. The molecule has 0 aliphatic rings. The Morgan fingerprint density at radius 1 is 1.31 bits per heavy atom. The zero-order chi connectivity index (χ0) is 10.2. The molecule has 0 aliphatic heterocycles. The monoisotopic (exact) mass is 332 g/mol. The first-order valence-electron chi connectivity index (χ1n) is 2.39. The third-order valence-electron chi connectivity index (χ3n) is 0.989. The maximum atomic E-state index is 10.5. The molecule has 0 fully saturated rings. The van der Waals surface area contributed by atoms with E-state index in [0.29, 0.717) is 0 Å². The minimum Gasteiger partial charge on any atom is -1.00 e. The summed E-state index contributed by atoms with van der Waals surface area (Å²) in [4.78, 5) is 21.0. The number of halogens is 1. The van der Waals surface area contributed by atoms with E-state index in [2.05, 4.69) is 11.5 Å². The third kappa shape index (κ3) is 3.02. The SMILES string of the molecule is NC(=O)C(I)(C(N)=O)S(=O)(=O)O.[H-].[Na+]. The number of carbonyl (C=O) groups excluding carboxylic acids is 2. The molecule has 0 unspecified atom stereocenters. The fourth-order valence-electron chi connectivity index (χ4n) is 0.376. The van der Waals surface area contributed by atoms with Gasteiger partial charge in [-0.2, -0.15) is 8.42 Å². The van der Waals surface area contributed by atoms with Crippen molar-refractivity contribution in [2.24, 2.45) is 11.5 Å². The van der Waals surface area contributed by atoms with Crippen LogP contribution in [0.25, 0.3) is 0 Å². The molecule has 0 heterocycles. The Balaban J connectivity index is -0.000000605. The third-order valence-corrected chi connectivity index (χ3v) is 4.84. The van der Waals surface area contributed by atoms with Gasteiger partial charge < -0.3 is 12.9 Å². The Hall–Kier alpha value is 0.580. The topological polar surface area (TPSA) is 141 Å². The first kappa shape index (κ1) is 16.0. The smallest absolute Gasteiger partial charge is 1.00 e. The maximum Gasteiger partial charge on any atom is 1.00 e. The van der Waals surface area contributed by atoms with Crippen molar-refractivity contribution in [3.05, 3.63) is 0 Å². The number of amides is 2. The van der Waals surface area contributed by atoms with Crippen LogP contribution < -0.4 is 41.0 Å². The first-order chi connectivity index (χ1) is 5.14. The number of carbonyl (C=O) groups is 2. The number of hydrogen-bond donors (Lipinski definition) is 3. The van der Waals surface area contributed by atoms with Crippen molar-refractivity contribution in [1.82, 2.24) is 0 Å². The van der Waals surface area contributed by atoms with Gasteiger partial charge in [0.2, 0.25) is 0 Å². The summed E-state index contributed by atoms with van der Waals surface area (Å²) in [6.45, 7) is 0. The van der Waals surface area contributed by atoms with Crippen LogP contribution >= 0.6 is 22.6 Å². The molecule has 0 bridgehead atoms. The normalized spacial score (nSPS) is 11.5. The van der Waals surface area contributed by atoms with Gasteiger partial charge in [0.1, 0.15) is 0 Å². The quantitative estimate of drug-likeness (QED) is 0.156. The Kier molecular flexibility index (Phi) is 6.02. The summed E-state index contributed by atoms with van der Waals surface area (Å²) in [6, 6.07) is 0. The fraction of sp³-hybridized carbons (Fsp3) is 0.333. The Labute approximate surface area is 111 Å². The Bertz CT molecular complexity index is 318. The van der Waals surface area contributed by atoms with E-state index in [1.165, 1.54) is 0 Å². The van der Waals surface area contributed by atoms with E-state index >= 15 is 0 Å². The van der Waals surface area contributed by atoms with Crippen molar-refractivity contribution in [1.29, 1.82) is 0 Å². The van der Waals surface area contributed by atoms with Gasteiger partial charge in [-0.15, -0.1) is 0 Å². The van der Waals surface area contributed by atoms with Crippen molar-refractivity contribution in [3.63, 3.8) is 0 Å². The van der Waals surface area contributed by atoms with E-state index < -0.39 is 24.7 Å². The zero-order valence-electron chi connectivity index (χ0n) is 7.52. The van der Waals surface area contributed by atoms with Crippen LogP contribution in [0.4, 0.5) is 0 Å². The van der Waals surface area contributed by atoms with Crippen LogP contribution in [-0.2, 0) is 19.7 Å². The molecule has 13 heavy (non-hydrogen) atoms. The molecule has 0 aromatic carbocycles. The van der Waals surface area contributed by atoms with E-state index in [1.807, 2.05) is 0 Å². The maximum absolute atomic E-state index is 10.5. The van der Waals surface area contributed by atoms with Gasteiger partial charge in [-0.3, -0.25) is 14.1 Å². The molecule has 2 amide bonds. The molecule has 0 saturated heterocycles. The average molecular weight is 332 g/mol. The molecule has 0 radical (unpaired) electrons. The Morgan fingerprint density at radius 2 is 1.54 bits per heavy atom. The Morgan fingerprint density at radius 3 is 1.54 bits per heavy atom. The summed E-state index contributed by atoms with van der Waals surface area (Å²) in [5.41, 5.74) is 9.14. The van der Waals surface area contributed by atoms with E-state index in [0.717, 1.165) is 22.6 Å². The molecule has 72 valence electrons. The number of nitrogens with two attached hydrogens (primary N) is 2. The molecule has 0 saturated carbocycles. The van der Waals surface area contributed by atoms with Gasteiger partial charge in [0.25, 0.3) is 21.9 Å². The summed E-state index contributed by atoms with van der Waals surface area (Å²) in [6.07, 6.45) is 0. The number of alkyl halides is 1. The minimum atomic E-state index is -4.93. The molecule has 10 heteroatoms. The van der Waals surface area contributed by atoms with Gasteiger partial charge in [0.05, 0.1) is 0 Å². The summed E-state index contributed by atoms with van der Waals surface area (Å²) in [7, 11) is -4.93. The molecule has 0 aromatic rings. The number of hydrogen-bond acceptors (Lipinski definition) is 4. The minimum absolute atomic E-state index is 0. The molecule has 7 nitrogen and oxygen atoms in total. The molecule has 5 N–H and O–H groups in total. The van der Waals surface area contributed by atoms with Crippen molar-refractivity contribution in [2.75, 3.05) is 0 Å². The van der Waals surface area contributed by atoms with Crippen LogP contribution in [0.1, 0.15) is 1.43 Å². The van der Waals surface area contributed by atoms with E-state index in [9.17, 15) is 18.0 Å². The molecular weight excluding hydrogens is 326 g/mol. The van der Waals surface area contributed by atoms with Crippen LogP contribution in [0, 0.1) is 0 Å². The van der Waals surface area contributed by atoms with Crippen LogP contribution in [0.2, 0.25) is 0 Å².